The summed E-state index contributed by atoms with van der Waals surface area (Å²) in [6.45, 7) is 12.7. The molecule has 1 heterocycles. The molecule has 1 aliphatic rings. The number of nitrogens with zero attached hydrogens (tertiary/aromatic N) is 2. The molecule has 6 nitrogen and oxygen atoms in total. The summed E-state index contributed by atoms with van der Waals surface area (Å²) < 4.78 is 0. The first kappa shape index (κ1) is 21.4. The van der Waals surface area contributed by atoms with Crippen LogP contribution in [0.3, 0.4) is 0 Å². The van der Waals surface area contributed by atoms with E-state index in [9.17, 15) is 9.59 Å². The maximum absolute atomic E-state index is 12.6. The molecule has 0 saturated carbocycles. The fourth-order valence-electron chi connectivity index (χ4n) is 3.20. The van der Waals surface area contributed by atoms with E-state index in [1.54, 1.807) is 0 Å². The van der Waals surface area contributed by atoms with Crippen molar-refractivity contribution in [2.45, 2.75) is 46.1 Å². The lowest BCUT2D eigenvalue weighted by atomic mass is 10.0. The standard InChI is InChI=1S/C21H34N4O2/c1-5-10-22-20(26)15-24-11-13-25(14-12-24)17(4)21(27)23-19-8-6-18(7-9-19)16(2)3/h6-9,16-17H,5,10-15H2,1-4H3,(H,22,26)(H,23,27)/t17-/m1/s1. The van der Waals surface area contributed by atoms with Gasteiger partial charge >= 0.3 is 0 Å². The number of rotatable bonds is 8. The van der Waals surface area contributed by atoms with Crippen molar-refractivity contribution >= 4 is 17.5 Å². The van der Waals surface area contributed by atoms with Crippen molar-refractivity contribution in [2.24, 2.45) is 0 Å². The van der Waals surface area contributed by atoms with Gasteiger partial charge in [-0.2, -0.15) is 0 Å². The first-order valence-electron chi connectivity index (χ1n) is 10.0. The first-order chi connectivity index (χ1) is 12.9. The summed E-state index contributed by atoms with van der Waals surface area (Å²) in [5.74, 6) is 0.580. The number of anilines is 1. The van der Waals surface area contributed by atoms with Gasteiger partial charge in [0.1, 0.15) is 0 Å². The van der Waals surface area contributed by atoms with Crippen LogP contribution in [0.2, 0.25) is 0 Å². The Hall–Kier alpha value is -1.92. The quantitative estimate of drug-likeness (QED) is 0.733. The fourth-order valence-corrected chi connectivity index (χ4v) is 3.20. The molecule has 6 heteroatoms. The maximum atomic E-state index is 12.6. The Labute approximate surface area is 163 Å². The Kier molecular flexibility index (Phi) is 8.25. The number of piperazine rings is 1. The lowest BCUT2D eigenvalue weighted by Gasteiger charge is -2.37. The molecule has 2 amide bonds. The zero-order chi connectivity index (χ0) is 19.8. The lowest BCUT2D eigenvalue weighted by molar-refractivity contribution is -0.124. The molecule has 0 spiro atoms. The van der Waals surface area contributed by atoms with Gasteiger partial charge in [0.25, 0.3) is 0 Å². The van der Waals surface area contributed by atoms with E-state index in [1.807, 2.05) is 26.0 Å². The molecule has 0 bridgehead atoms. The lowest BCUT2D eigenvalue weighted by Crippen LogP contribution is -2.54. The zero-order valence-corrected chi connectivity index (χ0v) is 17.1. The number of carbonyl (C=O) groups excluding carboxylic acids is 2. The largest absolute Gasteiger partial charge is 0.355 e. The molecule has 0 radical (unpaired) electrons. The summed E-state index contributed by atoms with van der Waals surface area (Å²) >= 11 is 0. The van der Waals surface area contributed by atoms with Gasteiger partial charge in [0.05, 0.1) is 12.6 Å². The van der Waals surface area contributed by atoms with E-state index in [0.29, 0.717) is 12.5 Å². The van der Waals surface area contributed by atoms with Crippen molar-refractivity contribution in [3.05, 3.63) is 29.8 Å². The Morgan fingerprint density at radius 3 is 2.22 bits per heavy atom. The van der Waals surface area contributed by atoms with Crippen molar-refractivity contribution in [3.8, 4) is 0 Å². The van der Waals surface area contributed by atoms with Crippen LogP contribution in [0.1, 0.15) is 45.6 Å². The topological polar surface area (TPSA) is 64.7 Å². The van der Waals surface area contributed by atoms with Gasteiger partial charge in [0.15, 0.2) is 0 Å². The third-order valence-corrected chi connectivity index (χ3v) is 5.12. The molecule has 0 aromatic heterocycles. The normalized spacial score (nSPS) is 16.9. The Balaban J connectivity index is 1.78. The van der Waals surface area contributed by atoms with Gasteiger partial charge in [-0.3, -0.25) is 19.4 Å². The van der Waals surface area contributed by atoms with E-state index in [4.69, 9.17) is 0 Å². The Bertz CT molecular complexity index is 607. The third kappa shape index (κ3) is 6.63. The average molecular weight is 375 g/mol. The third-order valence-electron chi connectivity index (χ3n) is 5.12. The molecule has 1 fully saturated rings. The summed E-state index contributed by atoms with van der Waals surface area (Å²) in [4.78, 5) is 28.7. The molecule has 0 aliphatic carbocycles. The number of benzene rings is 1. The molecule has 1 aliphatic heterocycles. The van der Waals surface area contributed by atoms with Crippen molar-refractivity contribution in [2.75, 3.05) is 44.6 Å². The zero-order valence-electron chi connectivity index (χ0n) is 17.1. The van der Waals surface area contributed by atoms with Crippen LogP contribution in [0.5, 0.6) is 0 Å². The van der Waals surface area contributed by atoms with Gasteiger partial charge in [-0.15, -0.1) is 0 Å². The van der Waals surface area contributed by atoms with E-state index < -0.39 is 0 Å². The number of hydrogen-bond acceptors (Lipinski definition) is 4. The average Bonchev–Trinajstić information content (AvgIpc) is 2.66. The van der Waals surface area contributed by atoms with Gasteiger partial charge in [0.2, 0.25) is 11.8 Å². The minimum absolute atomic E-state index is 0.0152. The maximum Gasteiger partial charge on any atom is 0.241 e. The molecular weight excluding hydrogens is 340 g/mol. The number of nitrogens with one attached hydrogen (secondary N) is 2. The van der Waals surface area contributed by atoms with Crippen LogP contribution in [-0.4, -0.2) is 66.9 Å². The van der Waals surface area contributed by atoms with Crippen molar-refractivity contribution in [1.29, 1.82) is 0 Å². The van der Waals surface area contributed by atoms with Crippen LogP contribution in [0, 0.1) is 0 Å². The van der Waals surface area contributed by atoms with E-state index in [0.717, 1.165) is 44.8 Å². The number of carbonyl (C=O) groups is 2. The van der Waals surface area contributed by atoms with Crippen LogP contribution in [0.4, 0.5) is 5.69 Å². The Morgan fingerprint density at radius 1 is 1.04 bits per heavy atom. The SMILES string of the molecule is CCCNC(=O)CN1CCN([C@H](C)C(=O)Nc2ccc(C(C)C)cc2)CC1. The molecule has 0 unspecified atom stereocenters. The summed E-state index contributed by atoms with van der Waals surface area (Å²) in [7, 11) is 0. The number of amides is 2. The highest BCUT2D eigenvalue weighted by Gasteiger charge is 2.26. The summed E-state index contributed by atoms with van der Waals surface area (Å²) in [6, 6.07) is 7.87. The molecule has 27 heavy (non-hydrogen) atoms. The minimum Gasteiger partial charge on any atom is -0.355 e. The smallest absolute Gasteiger partial charge is 0.241 e. The molecule has 2 rings (SSSR count). The van der Waals surface area contributed by atoms with Gasteiger partial charge in [-0.1, -0.05) is 32.9 Å². The highest BCUT2D eigenvalue weighted by molar-refractivity contribution is 5.94. The minimum atomic E-state index is -0.189. The second kappa shape index (κ2) is 10.4. The van der Waals surface area contributed by atoms with Crippen LogP contribution in [0.25, 0.3) is 0 Å². The molecule has 1 atom stereocenters. The van der Waals surface area contributed by atoms with E-state index in [2.05, 4.69) is 46.4 Å². The molecule has 1 saturated heterocycles. The van der Waals surface area contributed by atoms with E-state index in [1.165, 1.54) is 5.56 Å². The highest BCUT2D eigenvalue weighted by Crippen LogP contribution is 2.17. The molecule has 1 aromatic rings. The first-order valence-corrected chi connectivity index (χ1v) is 10.0. The van der Waals surface area contributed by atoms with Crippen LogP contribution < -0.4 is 10.6 Å². The van der Waals surface area contributed by atoms with Crippen LogP contribution >= 0.6 is 0 Å². The second-order valence-corrected chi connectivity index (χ2v) is 7.60. The monoisotopic (exact) mass is 374 g/mol. The predicted octanol–water partition coefficient (Wildman–Crippen LogP) is 2.28. The Morgan fingerprint density at radius 2 is 1.67 bits per heavy atom. The van der Waals surface area contributed by atoms with E-state index >= 15 is 0 Å². The predicted molar refractivity (Wildman–Crippen MR) is 110 cm³/mol. The van der Waals surface area contributed by atoms with E-state index in [-0.39, 0.29) is 17.9 Å². The number of hydrogen-bond donors (Lipinski definition) is 2. The highest BCUT2D eigenvalue weighted by atomic mass is 16.2. The van der Waals surface area contributed by atoms with Crippen LogP contribution in [0.15, 0.2) is 24.3 Å². The fraction of sp³-hybridized carbons (Fsp3) is 0.619. The summed E-state index contributed by atoms with van der Waals surface area (Å²) in [5, 5.41) is 5.92. The van der Waals surface area contributed by atoms with Crippen molar-refractivity contribution < 1.29 is 9.59 Å². The van der Waals surface area contributed by atoms with Gasteiger partial charge in [0, 0.05) is 38.4 Å². The van der Waals surface area contributed by atoms with Crippen molar-refractivity contribution in [3.63, 3.8) is 0 Å². The van der Waals surface area contributed by atoms with Crippen LogP contribution in [-0.2, 0) is 9.59 Å². The van der Waals surface area contributed by atoms with Gasteiger partial charge in [-0.05, 0) is 37.0 Å². The molecular formula is C21H34N4O2. The second-order valence-electron chi connectivity index (χ2n) is 7.60. The van der Waals surface area contributed by atoms with Gasteiger partial charge in [-0.25, -0.2) is 0 Å². The van der Waals surface area contributed by atoms with Crippen molar-refractivity contribution in [1.82, 2.24) is 15.1 Å². The molecule has 150 valence electrons. The summed E-state index contributed by atoms with van der Waals surface area (Å²) in [5.41, 5.74) is 2.10. The van der Waals surface area contributed by atoms with Gasteiger partial charge < -0.3 is 10.6 Å². The molecule has 2 N–H and O–H groups in total. The summed E-state index contributed by atoms with van der Waals surface area (Å²) in [6.07, 6.45) is 0.951. The molecule has 1 aromatic carbocycles.